The van der Waals surface area contributed by atoms with Crippen molar-refractivity contribution in [1.29, 1.82) is 0 Å². The molecule has 13 atom stereocenters. The molecule has 2 heterocycles. The Kier molecular flexibility index (Phi) is 34.4. The van der Waals surface area contributed by atoms with E-state index in [0.29, 0.717) is 61.9 Å². The van der Waals surface area contributed by atoms with Gasteiger partial charge in [0, 0.05) is 66.5 Å². The number of carbonyl (C=O) groups excluding carboxylic acids is 11. The molecule has 12 amide bonds. The van der Waals surface area contributed by atoms with Crippen LogP contribution in [0.25, 0.3) is 0 Å². The number of aliphatic hydroxyl groups is 1. The van der Waals surface area contributed by atoms with Gasteiger partial charge in [0.15, 0.2) is 0 Å². The molecule has 0 aliphatic carbocycles. The number of likely N-dealkylation sites (tertiary alicyclic amines) is 2. The highest BCUT2D eigenvalue weighted by molar-refractivity contribution is 8.01. The van der Waals surface area contributed by atoms with E-state index in [1.807, 2.05) is 45.9 Å². The van der Waals surface area contributed by atoms with Gasteiger partial charge in [0.25, 0.3) is 0 Å². The number of rotatable bonds is 40. The summed E-state index contributed by atoms with van der Waals surface area (Å²) in [5, 5.41) is 27.5. The standard InChI is InChI=1S/C71H113N11O15S/c1-17-45(10)61(53(95-15)38-56(84)81-37-25-29-52(81)63(96-16)46(11)64(87)74-47(12)62(86)49-26-20-18-21-27-49)79(13)69(92)59(42(4)5)78-67(90)60(43(6)7)80(14)71(94)97-40-48-31-33-50(34-32-48)75-65(88)51(28-24-35-73-70(72)93)76-66(89)58(41(2)3)77-55(83)30-22-19-23-36-82-57(85)39-54(68(82)91)98-44(8)9/h18,20-21,26-27,31-34,41-47,51-54,58-63,86H,17,19,22-25,28-30,35-40H2,1-16H3,(H,74,87)(H,75,88)(H,76,89)(H,77,83)(H,78,90)(H3,72,73,93)/t45-,46+,47+,51-,52-,53+,54?,58-,59-,60-,61-,62+,63+/m0/s1. The van der Waals surface area contributed by atoms with E-state index in [4.69, 9.17) is 19.9 Å². The zero-order valence-corrected chi connectivity index (χ0v) is 61.4. The number of unbranched alkanes of at least 4 members (excludes halogenated alkanes) is 2. The van der Waals surface area contributed by atoms with E-state index in [9.17, 15) is 57.8 Å². The molecule has 98 heavy (non-hydrogen) atoms. The Balaban J connectivity index is 1.36. The summed E-state index contributed by atoms with van der Waals surface area (Å²) in [7, 11) is 6.09. The molecule has 2 fully saturated rings. The predicted molar refractivity (Wildman–Crippen MR) is 375 cm³/mol. The van der Waals surface area contributed by atoms with Gasteiger partial charge in [-0.05, 0) is 97.6 Å². The van der Waals surface area contributed by atoms with Crippen LogP contribution in [0, 0.1) is 29.6 Å². The Bertz CT molecular complexity index is 2960. The Labute approximate surface area is 584 Å². The van der Waals surface area contributed by atoms with Crippen molar-refractivity contribution in [2.45, 2.75) is 231 Å². The van der Waals surface area contributed by atoms with Gasteiger partial charge in [0.2, 0.25) is 53.2 Å². The van der Waals surface area contributed by atoms with Gasteiger partial charge in [0.05, 0.1) is 54.0 Å². The molecule has 9 N–H and O–H groups in total. The number of hydrogen-bond acceptors (Lipinski definition) is 16. The van der Waals surface area contributed by atoms with Crippen LogP contribution in [0.3, 0.4) is 0 Å². The van der Waals surface area contributed by atoms with Gasteiger partial charge >= 0.3 is 12.1 Å². The monoisotopic (exact) mass is 1390 g/mol. The lowest BCUT2D eigenvalue weighted by atomic mass is 9.89. The van der Waals surface area contributed by atoms with Gasteiger partial charge in [-0.3, -0.25) is 53.0 Å². The molecule has 26 nitrogen and oxygen atoms in total. The van der Waals surface area contributed by atoms with Crippen LogP contribution >= 0.6 is 11.8 Å². The van der Waals surface area contributed by atoms with E-state index < -0.39 is 114 Å². The fourth-order valence-electron chi connectivity index (χ4n) is 12.7. The van der Waals surface area contributed by atoms with E-state index in [1.165, 1.54) is 42.8 Å². The molecular formula is C71H113N11O15S. The molecule has 0 saturated carbocycles. The fraction of sp³-hybridized carbons (Fsp3) is 0.676. The lowest BCUT2D eigenvalue weighted by Gasteiger charge is -2.41. The topological polar surface area (TPSA) is 347 Å². The molecule has 0 bridgehead atoms. The number of thioether (sulfide) groups is 1. The minimum atomic E-state index is -1.11. The van der Waals surface area contributed by atoms with Crippen molar-refractivity contribution in [1.82, 2.24) is 46.2 Å². The number of amides is 12. The van der Waals surface area contributed by atoms with Gasteiger partial charge in [-0.25, -0.2) is 9.59 Å². The van der Waals surface area contributed by atoms with Crippen LogP contribution in [0.4, 0.5) is 15.3 Å². The first-order valence-electron chi connectivity index (χ1n) is 34.7. The number of hydrogen-bond donors (Lipinski definition) is 8. The van der Waals surface area contributed by atoms with Crippen molar-refractivity contribution in [2.24, 2.45) is 35.3 Å². The van der Waals surface area contributed by atoms with Gasteiger partial charge in [-0.15, -0.1) is 11.8 Å². The maximum Gasteiger partial charge on any atom is 0.410 e. The van der Waals surface area contributed by atoms with E-state index in [-0.39, 0.29) is 104 Å². The predicted octanol–water partition coefficient (Wildman–Crippen LogP) is 6.42. The normalized spacial score (nSPS) is 18.2. The van der Waals surface area contributed by atoms with Crippen LogP contribution < -0.4 is 37.6 Å². The number of carbonyl (C=O) groups is 11. The molecule has 4 rings (SSSR count). The Morgan fingerprint density at radius 2 is 1.39 bits per heavy atom. The molecule has 2 aromatic rings. The number of imide groups is 1. The fourth-order valence-corrected chi connectivity index (χ4v) is 13.9. The first kappa shape index (κ1) is 83.1. The number of methoxy groups -OCH3 is 2. The zero-order chi connectivity index (χ0) is 73.2. The molecule has 2 saturated heterocycles. The summed E-state index contributed by atoms with van der Waals surface area (Å²) in [4.78, 5) is 155. The summed E-state index contributed by atoms with van der Waals surface area (Å²) >= 11 is 1.48. The van der Waals surface area contributed by atoms with Crippen LogP contribution in [0.5, 0.6) is 0 Å². The van der Waals surface area contributed by atoms with Crippen molar-refractivity contribution in [3.63, 3.8) is 0 Å². The summed E-state index contributed by atoms with van der Waals surface area (Å²) in [6.07, 6.45) is 0.763. The molecule has 548 valence electrons. The average Bonchev–Trinajstić information content (AvgIpc) is 1.34. The summed E-state index contributed by atoms with van der Waals surface area (Å²) in [5.74, 6) is -5.62. The van der Waals surface area contributed by atoms with Crippen LogP contribution in [0.15, 0.2) is 54.6 Å². The number of nitrogens with zero attached hydrogens (tertiary/aromatic N) is 4. The summed E-state index contributed by atoms with van der Waals surface area (Å²) < 4.78 is 17.8. The van der Waals surface area contributed by atoms with Crippen molar-refractivity contribution >= 4 is 82.7 Å². The van der Waals surface area contributed by atoms with Crippen molar-refractivity contribution in [3.8, 4) is 0 Å². The molecular weight excluding hydrogens is 1280 g/mol. The Morgan fingerprint density at radius 3 is 1.97 bits per heavy atom. The van der Waals surface area contributed by atoms with Crippen molar-refractivity contribution in [3.05, 3.63) is 65.7 Å². The molecule has 2 aliphatic heterocycles. The summed E-state index contributed by atoms with van der Waals surface area (Å²) in [6.45, 7) is 22.6. The second kappa shape index (κ2) is 40.6. The maximum atomic E-state index is 14.8. The van der Waals surface area contributed by atoms with E-state index in [2.05, 4.69) is 31.9 Å². The van der Waals surface area contributed by atoms with Gasteiger partial charge in [-0.1, -0.05) is 131 Å². The molecule has 0 radical (unpaired) electrons. The van der Waals surface area contributed by atoms with Gasteiger partial charge < -0.3 is 66.8 Å². The van der Waals surface area contributed by atoms with Crippen LogP contribution in [-0.2, 0) is 64.0 Å². The number of aliphatic hydroxyl groups excluding tert-OH is 1. The van der Waals surface area contributed by atoms with E-state index >= 15 is 0 Å². The van der Waals surface area contributed by atoms with Crippen LogP contribution in [0.2, 0.25) is 0 Å². The highest BCUT2D eigenvalue weighted by atomic mass is 32.2. The molecule has 2 aromatic carbocycles. The lowest BCUT2D eigenvalue weighted by molar-refractivity contribution is -0.148. The highest BCUT2D eigenvalue weighted by Gasteiger charge is 2.45. The molecule has 0 aromatic heterocycles. The Morgan fingerprint density at radius 1 is 0.735 bits per heavy atom. The quantitative estimate of drug-likeness (QED) is 0.0263. The number of nitrogens with one attached hydrogen (secondary N) is 6. The molecule has 2 aliphatic rings. The SMILES string of the molecule is CC[C@H](C)[C@@H]([C@@H](CC(=O)N1CCC[C@H]1[C@H](OC)[C@@H](C)C(=O)N[C@H](C)[C@@H](O)c1ccccc1)OC)N(C)C(=O)[C@@H](NC(=O)[C@H](C(C)C)N(C)C(=O)OCc1ccc(NC(=O)[C@H](CCCNC(N)=O)NC(=O)[C@@H](NC(=O)CCCCCN2C(=O)CC(SC(C)C)C2=O)C(C)C)cc1)C(C)C. The minimum Gasteiger partial charge on any atom is -0.445 e. The number of primary amides is 1. The number of ether oxygens (including phenoxy) is 3. The van der Waals surface area contributed by atoms with Crippen LogP contribution in [0.1, 0.15) is 171 Å². The molecule has 0 spiro atoms. The van der Waals surface area contributed by atoms with Gasteiger partial charge in [0.1, 0.15) is 30.8 Å². The number of benzene rings is 2. The van der Waals surface area contributed by atoms with Crippen LogP contribution in [-0.4, -0.2) is 203 Å². The second-order valence-electron chi connectivity index (χ2n) is 27.4. The van der Waals surface area contributed by atoms with Crippen molar-refractivity contribution < 1.29 is 72.1 Å². The van der Waals surface area contributed by atoms with E-state index in [1.54, 1.807) is 109 Å². The zero-order valence-electron chi connectivity index (χ0n) is 60.6. The first-order chi connectivity index (χ1) is 46.3. The third-order valence-corrected chi connectivity index (χ3v) is 19.7. The Hall–Kier alpha value is -7.36. The second-order valence-corrected chi connectivity index (χ2v) is 29.2. The number of likely N-dealkylation sites (N-methyl/N-ethyl adjacent to an activating group) is 2. The summed E-state index contributed by atoms with van der Waals surface area (Å²) in [6, 6.07) is 8.76. The molecule has 27 heteroatoms. The average molecular weight is 1390 g/mol. The first-order valence-corrected chi connectivity index (χ1v) is 35.6. The number of urea groups is 1. The van der Waals surface area contributed by atoms with E-state index in [0.717, 1.165) is 0 Å². The largest absolute Gasteiger partial charge is 0.445 e. The van der Waals surface area contributed by atoms with Gasteiger partial charge in [-0.2, -0.15) is 0 Å². The summed E-state index contributed by atoms with van der Waals surface area (Å²) in [5.41, 5.74) is 6.80. The maximum absolute atomic E-state index is 14.8. The molecule has 1 unspecified atom stereocenters. The number of nitrogens with two attached hydrogens (primary N) is 1. The smallest absolute Gasteiger partial charge is 0.410 e. The van der Waals surface area contributed by atoms with Crippen molar-refractivity contribution in [2.75, 3.05) is 53.3 Å². The lowest BCUT2D eigenvalue weighted by Crippen LogP contribution is -2.60. The number of anilines is 1. The third kappa shape index (κ3) is 24.5. The third-order valence-electron chi connectivity index (χ3n) is 18.5. The minimum absolute atomic E-state index is 0.0855. The highest BCUT2D eigenvalue weighted by Crippen LogP contribution is 2.32.